The maximum atomic E-state index is 12.4. The maximum Gasteiger partial charge on any atom is 0.254 e. The number of aryl methyl sites for hydroxylation is 1. The quantitative estimate of drug-likeness (QED) is 0.868. The van der Waals surface area contributed by atoms with Gasteiger partial charge in [-0.3, -0.25) is 4.79 Å². The lowest BCUT2D eigenvalue weighted by Crippen LogP contribution is -2.39. The van der Waals surface area contributed by atoms with Crippen molar-refractivity contribution in [3.8, 4) is 0 Å². The molecule has 0 aliphatic heterocycles. The lowest BCUT2D eigenvalue weighted by molar-refractivity contribution is 0.0664. The summed E-state index contributed by atoms with van der Waals surface area (Å²) < 4.78 is 0. The Labute approximate surface area is 103 Å². The highest BCUT2D eigenvalue weighted by Crippen LogP contribution is 2.16. The highest BCUT2D eigenvalue weighted by atomic mass is 16.3. The fraction of sp³-hybridized carbons (Fsp3) is 0.500. The highest BCUT2D eigenvalue weighted by Gasteiger charge is 2.19. The van der Waals surface area contributed by atoms with Gasteiger partial charge in [0.05, 0.1) is 6.61 Å². The average Bonchev–Trinajstić information content (AvgIpc) is 2.28. The minimum atomic E-state index is -0.00518. The standard InChI is InChI=1S/C14H21NO2/c1-10(2)15(8-9-16)14(17)13-7-5-6-11(3)12(13)4/h5-7,10,16H,8-9H2,1-4H3. The Morgan fingerprint density at radius 1 is 1.35 bits per heavy atom. The van der Waals surface area contributed by atoms with Crippen molar-refractivity contribution in [3.63, 3.8) is 0 Å². The van der Waals surface area contributed by atoms with Crippen molar-refractivity contribution in [2.24, 2.45) is 0 Å². The van der Waals surface area contributed by atoms with E-state index in [1.807, 2.05) is 45.9 Å². The van der Waals surface area contributed by atoms with Gasteiger partial charge in [0.15, 0.2) is 0 Å². The van der Waals surface area contributed by atoms with Gasteiger partial charge in [-0.05, 0) is 44.9 Å². The molecule has 94 valence electrons. The van der Waals surface area contributed by atoms with Crippen LogP contribution in [0.1, 0.15) is 35.3 Å². The van der Waals surface area contributed by atoms with E-state index in [2.05, 4.69) is 0 Å². The number of aliphatic hydroxyl groups is 1. The topological polar surface area (TPSA) is 40.5 Å². The summed E-state index contributed by atoms with van der Waals surface area (Å²) >= 11 is 0. The molecule has 1 aromatic carbocycles. The molecule has 0 aliphatic rings. The van der Waals surface area contributed by atoms with Gasteiger partial charge in [-0.15, -0.1) is 0 Å². The smallest absolute Gasteiger partial charge is 0.254 e. The molecule has 1 N–H and O–H groups in total. The minimum absolute atomic E-state index is 0.00440. The molecule has 0 heterocycles. The first-order valence-corrected chi connectivity index (χ1v) is 5.97. The Hall–Kier alpha value is -1.35. The summed E-state index contributed by atoms with van der Waals surface area (Å²) in [5.41, 5.74) is 2.86. The van der Waals surface area contributed by atoms with Crippen LogP contribution in [-0.4, -0.2) is 35.1 Å². The number of rotatable bonds is 4. The second-order valence-electron chi connectivity index (χ2n) is 4.56. The van der Waals surface area contributed by atoms with Crippen LogP contribution in [0.4, 0.5) is 0 Å². The van der Waals surface area contributed by atoms with E-state index in [1.165, 1.54) is 0 Å². The summed E-state index contributed by atoms with van der Waals surface area (Å²) in [4.78, 5) is 14.1. The molecule has 3 nitrogen and oxygen atoms in total. The van der Waals surface area contributed by atoms with Crippen LogP contribution in [-0.2, 0) is 0 Å². The zero-order chi connectivity index (χ0) is 13.0. The van der Waals surface area contributed by atoms with Gasteiger partial charge in [0.2, 0.25) is 0 Å². The first-order chi connectivity index (χ1) is 7.99. The minimum Gasteiger partial charge on any atom is -0.395 e. The second kappa shape index (κ2) is 5.82. The molecule has 0 saturated carbocycles. The molecular formula is C14H21NO2. The van der Waals surface area contributed by atoms with Crippen LogP contribution < -0.4 is 0 Å². The normalized spacial score (nSPS) is 10.7. The van der Waals surface area contributed by atoms with Crippen LogP contribution in [0.3, 0.4) is 0 Å². The molecule has 0 radical (unpaired) electrons. The van der Waals surface area contributed by atoms with E-state index in [9.17, 15) is 4.79 Å². The summed E-state index contributed by atoms with van der Waals surface area (Å²) in [5.74, 6) is -0.00440. The van der Waals surface area contributed by atoms with E-state index in [0.29, 0.717) is 6.54 Å². The van der Waals surface area contributed by atoms with Crippen LogP contribution in [0.25, 0.3) is 0 Å². The summed E-state index contributed by atoms with van der Waals surface area (Å²) in [6, 6.07) is 5.83. The molecule has 0 aliphatic carbocycles. The Morgan fingerprint density at radius 3 is 2.53 bits per heavy atom. The van der Waals surface area contributed by atoms with Gasteiger partial charge in [0.25, 0.3) is 5.91 Å². The molecular weight excluding hydrogens is 214 g/mol. The SMILES string of the molecule is Cc1cccc(C(=O)N(CCO)C(C)C)c1C. The first-order valence-electron chi connectivity index (χ1n) is 5.97. The van der Waals surface area contributed by atoms with Gasteiger partial charge < -0.3 is 10.0 Å². The highest BCUT2D eigenvalue weighted by molar-refractivity contribution is 5.96. The summed E-state index contributed by atoms with van der Waals surface area (Å²) in [5, 5.41) is 9.01. The van der Waals surface area contributed by atoms with Gasteiger partial charge in [0, 0.05) is 18.2 Å². The number of carbonyl (C=O) groups excluding carboxylic acids is 1. The number of hydrogen-bond donors (Lipinski definition) is 1. The monoisotopic (exact) mass is 235 g/mol. The van der Waals surface area contributed by atoms with Crippen LogP contribution in [0.5, 0.6) is 0 Å². The molecule has 0 aromatic heterocycles. The Kier molecular flexibility index (Phi) is 4.70. The number of amides is 1. The van der Waals surface area contributed by atoms with Gasteiger partial charge in [-0.25, -0.2) is 0 Å². The average molecular weight is 235 g/mol. The number of hydrogen-bond acceptors (Lipinski definition) is 2. The Balaban J connectivity index is 3.05. The number of carbonyl (C=O) groups is 1. The van der Waals surface area contributed by atoms with Crippen LogP contribution in [0.2, 0.25) is 0 Å². The first kappa shape index (κ1) is 13.7. The third-order valence-corrected chi connectivity index (χ3v) is 3.06. The number of nitrogens with zero attached hydrogens (tertiary/aromatic N) is 1. The zero-order valence-electron chi connectivity index (χ0n) is 11.0. The molecule has 0 atom stereocenters. The van der Waals surface area contributed by atoms with E-state index in [4.69, 9.17) is 5.11 Å². The molecule has 0 unspecified atom stereocenters. The van der Waals surface area contributed by atoms with Crippen molar-refractivity contribution in [2.45, 2.75) is 33.7 Å². The van der Waals surface area contributed by atoms with Gasteiger partial charge in [-0.2, -0.15) is 0 Å². The summed E-state index contributed by atoms with van der Waals surface area (Å²) in [6.45, 7) is 8.24. The fourth-order valence-electron chi connectivity index (χ4n) is 1.84. The van der Waals surface area contributed by atoms with Crippen molar-refractivity contribution in [1.29, 1.82) is 0 Å². The van der Waals surface area contributed by atoms with Gasteiger partial charge in [0.1, 0.15) is 0 Å². The molecule has 17 heavy (non-hydrogen) atoms. The molecule has 0 fully saturated rings. The molecule has 1 rings (SSSR count). The van der Waals surface area contributed by atoms with Crippen molar-refractivity contribution >= 4 is 5.91 Å². The number of aliphatic hydroxyl groups excluding tert-OH is 1. The molecule has 3 heteroatoms. The predicted molar refractivity (Wildman–Crippen MR) is 69.2 cm³/mol. The fourth-order valence-corrected chi connectivity index (χ4v) is 1.84. The largest absolute Gasteiger partial charge is 0.395 e. The second-order valence-corrected chi connectivity index (χ2v) is 4.56. The van der Waals surface area contributed by atoms with Gasteiger partial charge >= 0.3 is 0 Å². The van der Waals surface area contributed by atoms with Crippen molar-refractivity contribution in [3.05, 3.63) is 34.9 Å². The molecule has 0 saturated heterocycles. The Morgan fingerprint density at radius 2 is 2.00 bits per heavy atom. The summed E-state index contributed by atoms with van der Waals surface area (Å²) in [6.07, 6.45) is 0. The van der Waals surface area contributed by atoms with E-state index >= 15 is 0 Å². The van der Waals surface area contributed by atoms with Crippen LogP contribution in [0.15, 0.2) is 18.2 Å². The van der Waals surface area contributed by atoms with E-state index in [1.54, 1.807) is 4.90 Å². The van der Waals surface area contributed by atoms with E-state index in [0.717, 1.165) is 16.7 Å². The molecule has 1 aromatic rings. The van der Waals surface area contributed by atoms with Crippen molar-refractivity contribution in [1.82, 2.24) is 4.90 Å². The van der Waals surface area contributed by atoms with Gasteiger partial charge in [-0.1, -0.05) is 12.1 Å². The van der Waals surface area contributed by atoms with Crippen molar-refractivity contribution in [2.75, 3.05) is 13.2 Å². The third-order valence-electron chi connectivity index (χ3n) is 3.06. The van der Waals surface area contributed by atoms with E-state index < -0.39 is 0 Å². The maximum absolute atomic E-state index is 12.4. The lowest BCUT2D eigenvalue weighted by atomic mass is 10.0. The zero-order valence-corrected chi connectivity index (χ0v) is 11.0. The van der Waals surface area contributed by atoms with Crippen LogP contribution >= 0.6 is 0 Å². The molecule has 0 bridgehead atoms. The lowest BCUT2D eigenvalue weighted by Gasteiger charge is -2.26. The molecule has 1 amide bonds. The third kappa shape index (κ3) is 3.07. The summed E-state index contributed by atoms with van der Waals surface area (Å²) in [7, 11) is 0. The number of benzene rings is 1. The van der Waals surface area contributed by atoms with Crippen molar-refractivity contribution < 1.29 is 9.90 Å². The predicted octanol–water partition coefficient (Wildman–Crippen LogP) is 2.15. The Bertz CT molecular complexity index is 399. The van der Waals surface area contributed by atoms with Crippen LogP contribution in [0, 0.1) is 13.8 Å². The molecule has 0 spiro atoms. The van der Waals surface area contributed by atoms with E-state index in [-0.39, 0.29) is 18.6 Å².